The number of esters is 2. The van der Waals surface area contributed by atoms with Crippen molar-refractivity contribution >= 4 is 11.9 Å². The standard InChI is InChI=1S/C15H27NO5/c1-3-5-9-20-14(17)12-13(19-11-7-8-16)15(18)21-10-6-4-2/h12H,3-11,16H2,1-2H3/b13-12+. The van der Waals surface area contributed by atoms with Gasteiger partial charge in [0.25, 0.3) is 0 Å². The van der Waals surface area contributed by atoms with E-state index in [-0.39, 0.29) is 12.4 Å². The fourth-order valence-corrected chi connectivity index (χ4v) is 1.27. The van der Waals surface area contributed by atoms with Crippen molar-refractivity contribution < 1.29 is 23.8 Å². The summed E-state index contributed by atoms with van der Waals surface area (Å²) < 4.78 is 15.3. The van der Waals surface area contributed by atoms with Crippen LogP contribution in [-0.2, 0) is 23.8 Å². The molecular formula is C15H27NO5. The van der Waals surface area contributed by atoms with E-state index in [2.05, 4.69) is 0 Å². The van der Waals surface area contributed by atoms with E-state index in [1.54, 1.807) is 0 Å². The maximum Gasteiger partial charge on any atom is 0.373 e. The lowest BCUT2D eigenvalue weighted by Crippen LogP contribution is -2.16. The van der Waals surface area contributed by atoms with Crippen LogP contribution in [0.2, 0.25) is 0 Å². The van der Waals surface area contributed by atoms with Gasteiger partial charge in [0.15, 0.2) is 0 Å². The molecule has 0 unspecified atom stereocenters. The van der Waals surface area contributed by atoms with Gasteiger partial charge in [0.05, 0.1) is 25.9 Å². The summed E-state index contributed by atoms with van der Waals surface area (Å²) in [6, 6.07) is 0. The predicted molar refractivity (Wildman–Crippen MR) is 79.4 cm³/mol. The molecule has 0 fully saturated rings. The summed E-state index contributed by atoms with van der Waals surface area (Å²) in [5.74, 6) is -1.37. The minimum atomic E-state index is -0.645. The highest BCUT2D eigenvalue weighted by molar-refractivity contribution is 5.94. The van der Waals surface area contributed by atoms with Crippen LogP contribution in [0.3, 0.4) is 0 Å². The minimum absolute atomic E-state index is 0.124. The molecule has 0 atom stereocenters. The molecule has 0 amide bonds. The number of ether oxygens (including phenoxy) is 3. The third-order valence-electron chi connectivity index (χ3n) is 2.53. The van der Waals surface area contributed by atoms with Crippen LogP contribution in [0, 0.1) is 0 Å². The van der Waals surface area contributed by atoms with Gasteiger partial charge in [-0.3, -0.25) is 0 Å². The average molecular weight is 301 g/mol. The van der Waals surface area contributed by atoms with Gasteiger partial charge in [-0.2, -0.15) is 0 Å². The average Bonchev–Trinajstić information content (AvgIpc) is 2.47. The summed E-state index contributed by atoms with van der Waals surface area (Å²) in [5.41, 5.74) is 5.36. The van der Waals surface area contributed by atoms with Gasteiger partial charge in [0, 0.05) is 0 Å². The Labute approximate surface area is 126 Å². The van der Waals surface area contributed by atoms with E-state index in [1.807, 2.05) is 13.8 Å². The van der Waals surface area contributed by atoms with Gasteiger partial charge in [-0.15, -0.1) is 0 Å². The molecule has 0 aromatic heterocycles. The van der Waals surface area contributed by atoms with Crippen LogP contribution in [0.15, 0.2) is 11.8 Å². The molecule has 0 aromatic rings. The van der Waals surface area contributed by atoms with E-state index >= 15 is 0 Å². The molecule has 0 aliphatic carbocycles. The summed E-state index contributed by atoms with van der Waals surface area (Å²) in [6.07, 6.45) is 5.02. The third-order valence-corrected chi connectivity index (χ3v) is 2.53. The van der Waals surface area contributed by atoms with Crippen molar-refractivity contribution in [2.75, 3.05) is 26.4 Å². The molecule has 0 aromatic carbocycles. The van der Waals surface area contributed by atoms with Crippen LogP contribution in [0.4, 0.5) is 0 Å². The first kappa shape index (κ1) is 19.4. The molecule has 0 spiro atoms. The predicted octanol–water partition coefficient (Wildman–Crippen LogP) is 1.92. The van der Waals surface area contributed by atoms with Gasteiger partial charge in [0.2, 0.25) is 5.76 Å². The molecule has 2 N–H and O–H groups in total. The summed E-state index contributed by atoms with van der Waals surface area (Å²) >= 11 is 0. The van der Waals surface area contributed by atoms with Gasteiger partial charge in [-0.1, -0.05) is 26.7 Å². The largest absolute Gasteiger partial charge is 0.486 e. The Morgan fingerprint density at radius 1 is 0.905 bits per heavy atom. The lowest BCUT2D eigenvalue weighted by molar-refractivity contribution is -0.145. The van der Waals surface area contributed by atoms with Crippen LogP contribution in [-0.4, -0.2) is 38.3 Å². The summed E-state index contributed by atoms with van der Waals surface area (Å²) in [6.45, 7) is 5.32. The molecule has 0 aliphatic heterocycles. The topological polar surface area (TPSA) is 87.9 Å². The first-order valence-electron chi connectivity index (χ1n) is 7.54. The molecule has 0 saturated carbocycles. The Morgan fingerprint density at radius 3 is 2.05 bits per heavy atom. The van der Waals surface area contributed by atoms with E-state index in [0.29, 0.717) is 26.2 Å². The van der Waals surface area contributed by atoms with Gasteiger partial charge in [-0.25, -0.2) is 9.59 Å². The molecule has 0 aliphatic rings. The maximum atomic E-state index is 11.8. The maximum absolute atomic E-state index is 11.8. The fraction of sp³-hybridized carbons (Fsp3) is 0.733. The second kappa shape index (κ2) is 13.4. The monoisotopic (exact) mass is 301 g/mol. The summed E-state index contributed by atoms with van der Waals surface area (Å²) in [5, 5.41) is 0. The Balaban J connectivity index is 4.47. The smallest absolute Gasteiger partial charge is 0.373 e. The summed E-state index contributed by atoms with van der Waals surface area (Å²) in [4.78, 5) is 23.4. The lowest BCUT2D eigenvalue weighted by atomic mass is 10.3. The Morgan fingerprint density at radius 2 is 1.48 bits per heavy atom. The molecule has 0 heterocycles. The number of nitrogens with two attached hydrogens (primary N) is 1. The molecule has 122 valence electrons. The van der Waals surface area contributed by atoms with Crippen molar-refractivity contribution in [1.82, 2.24) is 0 Å². The Hall–Kier alpha value is -1.56. The second-order valence-electron chi connectivity index (χ2n) is 4.51. The van der Waals surface area contributed by atoms with Crippen LogP contribution in [0.25, 0.3) is 0 Å². The second-order valence-corrected chi connectivity index (χ2v) is 4.51. The Bertz CT molecular complexity index is 328. The van der Waals surface area contributed by atoms with E-state index in [0.717, 1.165) is 31.8 Å². The molecule has 6 heteroatoms. The highest BCUT2D eigenvalue weighted by atomic mass is 16.6. The van der Waals surface area contributed by atoms with Crippen molar-refractivity contribution in [2.45, 2.75) is 46.0 Å². The van der Waals surface area contributed by atoms with Crippen LogP contribution in [0.1, 0.15) is 46.0 Å². The van der Waals surface area contributed by atoms with E-state index < -0.39 is 11.9 Å². The zero-order chi connectivity index (χ0) is 15.9. The van der Waals surface area contributed by atoms with Crippen LogP contribution in [0.5, 0.6) is 0 Å². The van der Waals surface area contributed by atoms with Crippen LogP contribution >= 0.6 is 0 Å². The molecular weight excluding hydrogens is 274 g/mol. The minimum Gasteiger partial charge on any atom is -0.486 e. The van der Waals surface area contributed by atoms with Crippen molar-refractivity contribution in [3.05, 3.63) is 11.8 Å². The molecule has 0 saturated heterocycles. The van der Waals surface area contributed by atoms with Crippen molar-refractivity contribution in [3.8, 4) is 0 Å². The SMILES string of the molecule is CCCCOC(=O)/C=C(/OCCCN)C(=O)OCCCC. The van der Waals surface area contributed by atoms with Crippen molar-refractivity contribution in [2.24, 2.45) is 5.73 Å². The van der Waals surface area contributed by atoms with E-state index in [1.165, 1.54) is 0 Å². The number of unbranched alkanes of at least 4 members (excludes halogenated alkanes) is 2. The number of rotatable bonds is 12. The molecule has 0 radical (unpaired) electrons. The number of carbonyl (C=O) groups excluding carboxylic acids is 2. The third kappa shape index (κ3) is 10.8. The van der Waals surface area contributed by atoms with Gasteiger partial charge in [-0.05, 0) is 25.8 Å². The van der Waals surface area contributed by atoms with Crippen LogP contribution < -0.4 is 5.73 Å². The highest BCUT2D eigenvalue weighted by Crippen LogP contribution is 2.04. The number of hydrogen-bond donors (Lipinski definition) is 1. The molecule has 21 heavy (non-hydrogen) atoms. The van der Waals surface area contributed by atoms with Gasteiger partial charge < -0.3 is 19.9 Å². The number of hydrogen-bond acceptors (Lipinski definition) is 6. The number of carbonyl (C=O) groups is 2. The zero-order valence-corrected chi connectivity index (χ0v) is 13.1. The zero-order valence-electron chi connectivity index (χ0n) is 13.1. The van der Waals surface area contributed by atoms with E-state index in [4.69, 9.17) is 19.9 Å². The first-order chi connectivity index (χ1) is 10.2. The normalized spacial score (nSPS) is 11.1. The molecule has 6 nitrogen and oxygen atoms in total. The molecule has 0 rings (SSSR count). The van der Waals surface area contributed by atoms with Crippen molar-refractivity contribution in [3.63, 3.8) is 0 Å². The van der Waals surface area contributed by atoms with Crippen molar-refractivity contribution in [1.29, 1.82) is 0 Å². The fourth-order valence-electron chi connectivity index (χ4n) is 1.27. The molecule has 0 bridgehead atoms. The van der Waals surface area contributed by atoms with Gasteiger partial charge >= 0.3 is 11.9 Å². The van der Waals surface area contributed by atoms with Gasteiger partial charge in [0.1, 0.15) is 0 Å². The first-order valence-corrected chi connectivity index (χ1v) is 7.54. The quantitative estimate of drug-likeness (QED) is 0.256. The lowest BCUT2D eigenvalue weighted by Gasteiger charge is -2.10. The van der Waals surface area contributed by atoms with E-state index in [9.17, 15) is 9.59 Å². The Kier molecular flexibility index (Phi) is 12.4. The summed E-state index contributed by atoms with van der Waals surface area (Å²) in [7, 11) is 0. The highest BCUT2D eigenvalue weighted by Gasteiger charge is 2.15.